The largest absolute Gasteiger partial charge is 0.385 e. The van der Waals surface area contributed by atoms with Crippen molar-refractivity contribution in [2.45, 2.75) is 56.9 Å². The summed E-state index contributed by atoms with van der Waals surface area (Å²) >= 11 is 0. The maximum absolute atomic E-state index is 3.57. The molecule has 1 saturated carbocycles. The van der Waals surface area contributed by atoms with Crippen LogP contribution in [0.2, 0.25) is 0 Å². The van der Waals surface area contributed by atoms with Crippen LogP contribution in [0.1, 0.15) is 56.4 Å². The molecule has 2 nitrogen and oxygen atoms in total. The van der Waals surface area contributed by atoms with Crippen LogP contribution < -0.4 is 5.32 Å². The van der Waals surface area contributed by atoms with Crippen molar-refractivity contribution in [2.24, 2.45) is 5.92 Å². The molecule has 1 aromatic carbocycles. The summed E-state index contributed by atoms with van der Waals surface area (Å²) in [6.45, 7) is 3.77. The van der Waals surface area contributed by atoms with Crippen LogP contribution in [-0.4, -0.2) is 30.6 Å². The molecule has 1 aromatic rings. The fraction of sp³-hybridized carbons (Fsp3) is 0.684. The molecule has 4 rings (SSSR count). The third-order valence-electron chi connectivity index (χ3n) is 6.02. The second-order valence-corrected chi connectivity index (χ2v) is 7.25. The van der Waals surface area contributed by atoms with Crippen LogP contribution in [0.25, 0.3) is 0 Å². The third kappa shape index (κ3) is 2.70. The number of fused-ring (bicyclic) bond motifs is 2. The van der Waals surface area contributed by atoms with Crippen LogP contribution in [0.15, 0.2) is 24.3 Å². The highest BCUT2D eigenvalue weighted by atomic mass is 15.2. The number of para-hydroxylation sites is 1. The first-order valence-corrected chi connectivity index (χ1v) is 8.98. The zero-order valence-corrected chi connectivity index (χ0v) is 13.1. The molecule has 1 aliphatic carbocycles. The monoisotopic (exact) mass is 284 g/mol. The van der Waals surface area contributed by atoms with E-state index < -0.39 is 0 Å². The number of rotatable bonds is 2. The molecule has 2 heterocycles. The molecule has 0 aromatic heterocycles. The summed E-state index contributed by atoms with van der Waals surface area (Å²) < 4.78 is 0. The van der Waals surface area contributed by atoms with Crippen LogP contribution in [0.5, 0.6) is 0 Å². The first-order chi connectivity index (χ1) is 10.4. The average Bonchev–Trinajstić information content (AvgIpc) is 2.56. The minimum atomic E-state index is 0.739. The number of piperidine rings is 1. The van der Waals surface area contributed by atoms with E-state index in [1.165, 1.54) is 63.7 Å². The normalized spacial score (nSPS) is 32.9. The van der Waals surface area contributed by atoms with Crippen LogP contribution in [0, 0.1) is 5.92 Å². The molecular formula is C19H28N2. The highest BCUT2D eigenvalue weighted by molar-refractivity contribution is 5.54. The van der Waals surface area contributed by atoms with Gasteiger partial charge in [0.15, 0.2) is 0 Å². The molecule has 3 unspecified atom stereocenters. The maximum atomic E-state index is 3.57. The van der Waals surface area contributed by atoms with E-state index in [0.717, 1.165) is 24.4 Å². The Bertz CT molecular complexity index is 482. The standard InChI is InChI=1S/C19H28N2/c1-4-10-19-15(6-1)7-5-13-21(19)14-16-11-12-20-18-9-3-2-8-17(16)18/h2-3,8-9,15-16,19-20H,1,4-7,10-14H2. The predicted octanol–water partition coefficient (Wildman–Crippen LogP) is 4.24. The molecule has 0 spiro atoms. The van der Waals surface area contributed by atoms with Crippen molar-refractivity contribution in [3.8, 4) is 0 Å². The van der Waals surface area contributed by atoms with Gasteiger partial charge in [-0.25, -0.2) is 0 Å². The van der Waals surface area contributed by atoms with Gasteiger partial charge in [0.05, 0.1) is 0 Å². The Balaban J connectivity index is 1.50. The Morgan fingerprint density at radius 2 is 1.86 bits per heavy atom. The molecule has 1 saturated heterocycles. The molecular weight excluding hydrogens is 256 g/mol. The van der Waals surface area contributed by atoms with E-state index in [-0.39, 0.29) is 0 Å². The maximum Gasteiger partial charge on any atom is 0.0376 e. The van der Waals surface area contributed by atoms with Gasteiger partial charge in [-0.05, 0) is 56.2 Å². The molecule has 0 radical (unpaired) electrons. The summed E-state index contributed by atoms with van der Waals surface area (Å²) in [7, 11) is 0. The second-order valence-electron chi connectivity index (χ2n) is 7.25. The number of anilines is 1. The highest BCUT2D eigenvalue weighted by Crippen LogP contribution is 2.38. The number of nitrogens with zero attached hydrogens (tertiary/aromatic N) is 1. The quantitative estimate of drug-likeness (QED) is 0.874. The Morgan fingerprint density at radius 3 is 2.86 bits per heavy atom. The van der Waals surface area contributed by atoms with Gasteiger partial charge in [0.2, 0.25) is 0 Å². The molecule has 114 valence electrons. The third-order valence-corrected chi connectivity index (χ3v) is 6.02. The van der Waals surface area contributed by atoms with Gasteiger partial charge >= 0.3 is 0 Å². The van der Waals surface area contributed by atoms with Crippen molar-refractivity contribution in [1.29, 1.82) is 0 Å². The van der Waals surface area contributed by atoms with Crippen molar-refractivity contribution < 1.29 is 0 Å². The number of nitrogens with one attached hydrogen (secondary N) is 1. The Morgan fingerprint density at radius 1 is 1.00 bits per heavy atom. The summed E-state index contributed by atoms with van der Waals surface area (Å²) in [5.41, 5.74) is 2.94. The molecule has 3 aliphatic rings. The lowest BCUT2D eigenvalue weighted by molar-refractivity contribution is 0.0551. The smallest absolute Gasteiger partial charge is 0.0376 e. The fourth-order valence-electron chi connectivity index (χ4n) is 4.98. The Labute approximate surface area is 128 Å². The van der Waals surface area contributed by atoms with Gasteiger partial charge in [-0.2, -0.15) is 0 Å². The minimum absolute atomic E-state index is 0.739. The lowest BCUT2D eigenvalue weighted by Crippen LogP contribution is -2.48. The molecule has 1 N–H and O–H groups in total. The summed E-state index contributed by atoms with van der Waals surface area (Å²) in [6, 6.07) is 9.86. The summed E-state index contributed by atoms with van der Waals surface area (Å²) in [5, 5.41) is 3.57. The predicted molar refractivity (Wildman–Crippen MR) is 88.8 cm³/mol. The Kier molecular flexibility index (Phi) is 3.89. The van der Waals surface area contributed by atoms with Crippen LogP contribution in [0.4, 0.5) is 5.69 Å². The highest BCUT2D eigenvalue weighted by Gasteiger charge is 2.34. The average molecular weight is 284 g/mol. The SMILES string of the molecule is c1ccc2c(c1)NCCC2CN1CCCC2CCCCC21. The van der Waals surface area contributed by atoms with E-state index in [1.807, 2.05) is 0 Å². The van der Waals surface area contributed by atoms with E-state index >= 15 is 0 Å². The lowest BCUT2D eigenvalue weighted by atomic mass is 9.77. The van der Waals surface area contributed by atoms with Crippen molar-refractivity contribution in [1.82, 2.24) is 4.90 Å². The molecule has 21 heavy (non-hydrogen) atoms. The molecule has 0 bridgehead atoms. The first kappa shape index (κ1) is 13.6. The van der Waals surface area contributed by atoms with Crippen LogP contribution in [-0.2, 0) is 0 Å². The number of benzene rings is 1. The van der Waals surface area contributed by atoms with Gasteiger partial charge in [0, 0.05) is 30.7 Å². The number of hydrogen-bond acceptors (Lipinski definition) is 2. The van der Waals surface area contributed by atoms with E-state index in [1.54, 1.807) is 5.56 Å². The lowest BCUT2D eigenvalue weighted by Gasteiger charge is -2.46. The zero-order chi connectivity index (χ0) is 14.1. The number of hydrogen-bond donors (Lipinski definition) is 1. The summed E-state index contributed by atoms with van der Waals surface area (Å²) in [5.74, 6) is 1.74. The first-order valence-electron chi connectivity index (χ1n) is 8.98. The Hall–Kier alpha value is -1.02. The fourth-order valence-corrected chi connectivity index (χ4v) is 4.98. The van der Waals surface area contributed by atoms with Crippen molar-refractivity contribution >= 4 is 5.69 Å². The van der Waals surface area contributed by atoms with E-state index in [2.05, 4.69) is 34.5 Å². The van der Waals surface area contributed by atoms with Crippen LogP contribution >= 0.6 is 0 Å². The van der Waals surface area contributed by atoms with E-state index in [9.17, 15) is 0 Å². The second kappa shape index (κ2) is 6.00. The van der Waals surface area contributed by atoms with Crippen molar-refractivity contribution in [2.75, 3.05) is 25.0 Å². The topological polar surface area (TPSA) is 15.3 Å². The molecule has 3 atom stereocenters. The summed E-state index contributed by atoms with van der Waals surface area (Å²) in [4.78, 5) is 2.86. The number of likely N-dealkylation sites (tertiary alicyclic amines) is 1. The molecule has 2 aliphatic heterocycles. The zero-order valence-electron chi connectivity index (χ0n) is 13.1. The summed E-state index contributed by atoms with van der Waals surface area (Å²) in [6.07, 6.45) is 10.1. The molecule has 2 fully saturated rings. The van der Waals surface area contributed by atoms with E-state index in [4.69, 9.17) is 0 Å². The van der Waals surface area contributed by atoms with Gasteiger partial charge in [-0.15, -0.1) is 0 Å². The molecule has 2 heteroatoms. The van der Waals surface area contributed by atoms with Gasteiger partial charge in [0.1, 0.15) is 0 Å². The van der Waals surface area contributed by atoms with Crippen molar-refractivity contribution in [3.05, 3.63) is 29.8 Å². The van der Waals surface area contributed by atoms with E-state index in [0.29, 0.717) is 0 Å². The van der Waals surface area contributed by atoms with Crippen LogP contribution in [0.3, 0.4) is 0 Å². The van der Waals surface area contributed by atoms with Gasteiger partial charge in [-0.3, -0.25) is 4.90 Å². The van der Waals surface area contributed by atoms with Crippen molar-refractivity contribution in [3.63, 3.8) is 0 Å². The molecule has 0 amide bonds. The van der Waals surface area contributed by atoms with Gasteiger partial charge < -0.3 is 5.32 Å². The van der Waals surface area contributed by atoms with Gasteiger partial charge in [-0.1, -0.05) is 31.0 Å². The minimum Gasteiger partial charge on any atom is -0.385 e. The van der Waals surface area contributed by atoms with Gasteiger partial charge in [0.25, 0.3) is 0 Å².